The lowest BCUT2D eigenvalue weighted by molar-refractivity contribution is 0.198. The minimum atomic E-state index is 0.432. The van der Waals surface area contributed by atoms with Gasteiger partial charge >= 0.3 is 0 Å². The van der Waals surface area contributed by atoms with Crippen LogP contribution in [0, 0.1) is 11.3 Å². The summed E-state index contributed by atoms with van der Waals surface area (Å²) in [5.41, 5.74) is 1.91. The third-order valence-corrected chi connectivity index (χ3v) is 4.06. The summed E-state index contributed by atoms with van der Waals surface area (Å²) < 4.78 is 5.04. The third kappa shape index (κ3) is 2.70. The van der Waals surface area contributed by atoms with Crippen molar-refractivity contribution in [2.75, 3.05) is 26.8 Å². The first-order chi connectivity index (χ1) is 8.18. The second-order valence-electron chi connectivity index (χ2n) is 5.51. The predicted octanol–water partition coefficient (Wildman–Crippen LogP) is 2.66. The van der Waals surface area contributed by atoms with Crippen molar-refractivity contribution < 1.29 is 4.74 Å². The van der Waals surface area contributed by atoms with E-state index in [9.17, 15) is 0 Å². The van der Waals surface area contributed by atoms with E-state index in [0.29, 0.717) is 11.3 Å². The van der Waals surface area contributed by atoms with Gasteiger partial charge in [0.1, 0.15) is 0 Å². The zero-order chi connectivity index (χ0) is 12.3. The third-order valence-electron chi connectivity index (χ3n) is 4.06. The van der Waals surface area contributed by atoms with Gasteiger partial charge in [-0.15, -0.1) is 0 Å². The van der Waals surface area contributed by atoms with E-state index >= 15 is 0 Å². The van der Waals surface area contributed by atoms with E-state index < -0.39 is 0 Å². The Kier molecular flexibility index (Phi) is 3.85. The lowest BCUT2D eigenvalue weighted by Gasteiger charge is -2.04. The van der Waals surface area contributed by atoms with Crippen molar-refractivity contribution in [1.82, 2.24) is 5.32 Å². The van der Waals surface area contributed by atoms with Crippen molar-refractivity contribution in [3.8, 4) is 0 Å². The van der Waals surface area contributed by atoms with Crippen molar-refractivity contribution >= 4 is 0 Å². The van der Waals surface area contributed by atoms with Crippen LogP contribution >= 0.6 is 0 Å². The van der Waals surface area contributed by atoms with Gasteiger partial charge < -0.3 is 10.1 Å². The molecule has 1 aromatic rings. The number of nitrogens with one attached hydrogen (secondary N) is 1. The van der Waals surface area contributed by atoms with Crippen molar-refractivity contribution in [2.24, 2.45) is 11.3 Å². The van der Waals surface area contributed by atoms with Crippen molar-refractivity contribution in [3.63, 3.8) is 0 Å². The Morgan fingerprint density at radius 3 is 2.59 bits per heavy atom. The molecule has 0 heterocycles. The molecule has 0 aliphatic heterocycles. The van der Waals surface area contributed by atoms with Crippen LogP contribution in [0.25, 0.3) is 0 Å². The quantitative estimate of drug-likeness (QED) is 0.763. The summed E-state index contributed by atoms with van der Waals surface area (Å²) in [6.45, 7) is 7.57. The summed E-state index contributed by atoms with van der Waals surface area (Å²) in [6.07, 6.45) is 0. The molecule has 2 atom stereocenters. The van der Waals surface area contributed by atoms with Crippen LogP contribution in [0.2, 0.25) is 0 Å². The molecule has 0 saturated heterocycles. The first kappa shape index (κ1) is 12.6. The first-order valence-corrected chi connectivity index (χ1v) is 6.42. The number of ether oxygens (including phenoxy) is 1. The normalized spacial score (nSPS) is 25.8. The summed E-state index contributed by atoms with van der Waals surface area (Å²) >= 11 is 0. The van der Waals surface area contributed by atoms with Gasteiger partial charge in [-0.1, -0.05) is 44.2 Å². The van der Waals surface area contributed by atoms with Crippen LogP contribution in [0.3, 0.4) is 0 Å². The summed E-state index contributed by atoms with van der Waals surface area (Å²) in [6, 6.07) is 10.9. The Labute approximate surface area is 104 Å². The fraction of sp³-hybridized carbons (Fsp3) is 0.600. The van der Waals surface area contributed by atoms with Gasteiger partial charge in [0.2, 0.25) is 0 Å². The zero-order valence-corrected chi connectivity index (χ0v) is 11.1. The van der Waals surface area contributed by atoms with Gasteiger partial charge in [-0.2, -0.15) is 0 Å². The van der Waals surface area contributed by atoms with Gasteiger partial charge in [0.15, 0.2) is 0 Å². The van der Waals surface area contributed by atoms with E-state index in [4.69, 9.17) is 4.74 Å². The number of hydrogen-bond acceptors (Lipinski definition) is 2. The molecule has 17 heavy (non-hydrogen) atoms. The zero-order valence-electron chi connectivity index (χ0n) is 11.1. The molecule has 1 N–H and O–H groups in total. The fourth-order valence-corrected chi connectivity index (χ4v) is 2.88. The second-order valence-corrected chi connectivity index (χ2v) is 5.51. The SMILES string of the molecule is COCCNCC1C(c2ccccc2)C1(C)C. The molecule has 2 rings (SSSR count). The monoisotopic (exact) mass is 233 g/mol. The lowest BCUT2D eigenvalue weighted by atomic mass is 10.0. The van der Waals surface area contributed by atoms with E-state index in [1.807, 2.05) is 0 Å². The summed E-state index contributed by atoms with van der Waals surface area (Å²) in [7, 11) is 1.75. The van der Waals surface area contributed by atoms with Gasteiger partial charge in [0.05, 0.1) is 6.61 Å². The van der Waals surface area contributed by atoms with Gasteiger partial charge in [-0.3, -0.25) is 0 Å². The fourth-order valence-electron chi connectivity index (χ4n) is 2.88. The minimum Gasteiger partial charge on any atom is -0.383 e. The van der Waals surface area contributed by atoms with Crippen LogP contribution in [0.5, 0.6) is 0 Å². The highest BCUT2D eigenvalue weighted by atomic mass is 16.5. The van der Waals surface area contributed by atoms with Crippen molar-refractivity contribution in [1.29, 1.82) is 0 Å². The molecule has 0 radical (unpaired) electrons. The molecule has 0 aromatic heterocycles. The van der Waals surface area contributed by atoms with E-state index in [1.54, 1.807) is 7.11 Å². The van der Waals surface area contributed by atoms with Crippen LogP contribution in [0.4, 0.5) is 0 Å². The van der Waals surface area contributed by atoms with Crippen molar-refractivity contribution in [2.45, 2.75) is 19.8 Å². The van der Waals surface area contributed by atoms with Crippen molar-refractivity contribution in [3.05, 3.63) is 35.9 Å². The maximum atomic E-state index is 5.04. The highest BCUT2D eigenvalue weighted by Gasteiger charge is 2.57. The molecule has 2 heteroatoms. The topological polar surface area (TPSA) is 21.3 Å². The molecule has 0 spiro atoms. The molecule has 0 bridgehead atoms. The summed E-state index contributed by atoms with van der Waals surface area (Å²) in [4.78, 5) is 0. The summed E-state index contributed by atoms with van der Waals surface area (Å²) in [5, 5.41) is 3.48. The Morgan fingerprint density at radius 1 is 1.24 bits per heavy atom. The molecule has 1 fully saturated rings. The van der Waals surface area contributed by atoms with Crippen LogP contribution in [-0.2, 0) is 4.74 Å². The molecule has 1 saturated carbocycles. The van der Waals surface area contributed by atoms with E-state index in [1.165, 1.54) is 5.56 Å². The molecular formula is C15H23NO. The van der Waals surface area contributed by atoms with Gasteiger partial charge in [-0.25, -0.2) is 0 Å². The molecule has 2 nitrogen and oxygen atoms in total. The second kappa shape index (κ2) is 5.19. The molecule has 1 aromatic carbocycles. The molecule has 0 amide bonds. The number of methoxy groups -OCH3 is 1. The molecule has 1 aliphatic rings. The first-order valence-electron chi connectivity index (χ1n) is 6.42. The van der Waals surface area contributed by atoms with E-state index in [0.717, 1.165) is 25.6 Å². The van der Waals surface area contributed by atoms with Crippen LogP contribution < -0.4 is 5.32 Å². The highest BCUT2D eigenvalue weighted by Crippen LogP contribution is 2.63. The lowest BCUT2D eigenvalue weighted by Crippen LogP contribution is -2.22. The average Bonchev–Trinajstić information content (AvgIpc) is 2.88. The molecule has 2 unspecified atom stereocenters. The van der Waals surface area contributed by atoms with Gasteiger partial charge in [0.25, 0.3) is 0 Å². The maximum Gasteiger partial charge on any atom is 0.0587 e. The number of rotatable bonds is 6. The number of benzene rings is 1. The Hall–Kier alpha value is -0.860. The van der Waals surface area contributed by atoms with Crippen LogP contribution in [0.15, 0.2) is 30.3 Å². The Bertz CT molecular complexity index is 347. The highest BCUT2D eigenvalue weighted by molar-refractivity contribution is 5.31. The van der Waals surface area contributed by atoms with Crippen LogP contribution in [0.1, 0.15) is 25.3 Å². The molecule has 94 valence electrons. The van der Waals surface area contributed by atoms with E-state index in [-0.39, 0.29) is 0 Å². The Balaban J connectivity index is 1.88. The van der Waals surface area contributed by atoms with E-state index in [2.05, 4.69) is 49.5 Å². The average molecular weight is 233 g/mol. The maximum absolute atomic E-state index is 5.04. The molecule has 1 aliphatic carbocycles. The number of hydrogen-bond donors (Lipinski definition) is 1. The smallest absolute Gasteiger partial charge is 0.0587 e. The van der Waals surface area contributed by atoms with Gasteiger partial charge in [0, 0.05) is 13.7 Å². The molecular weight excluding hydrogens is 210 g/mol. The van der Waals surface area contributed by atoms with Gasteiger partial charge in [-0.05, 0) is 29.4 Å². The Morgan fingerprint density at radius 2 is 1.94 bits per heavy atom. The summed E-state index contributed by atoms with van der Waals surface area (Å²) in [5.74, 6) is 1.46. The van der Waals surface area contributed by atoms with Crippen LogP contribution in [-0.4, -0.2) is 26.8 Å². The largest absolute Gasteiger partial charge is 0.383 e. The standard InChI is InChI=1S/C15H23NO/c1-15(2)13(11-16-9-10-17-3)14(15)12-7-5-4-6-8-12/h4-8,13-14,16H,9-11H2,1-3H3. The predicted molar refractivity (Wildman–Crippen MR) is 71.2 cm³/mol. The minimum absolute atomic E-state index is 0.432.